The Morgan fingerprint density at radius 1 is 1.44 bits per heavy atom. The van der Waals surface area contributed by atoms with E-state index in [0.29, 0.717) is 17.7 Å². The van der Waals surface area contributed by atoms with Gasteiger partial charge in [0.15, 0.2) is 5.60 Å². The molecule has 0 aliphatic rings. The Labute approximate surface area is 111 Å². The smallest absolute Gasteiger partial charge is 0.165 e. The van der Waals surface area contributed by atoms with Gasteiger partial charge in [-0.05, 0) is 32.4 Å². The van der Waals surface area contributed by atoms with Crippen molar-refractivity contribution in [2.24, 2.45) is 0 Å². The van der Waals surface area contributed by atoms with Crippen LogP contribution in [0.15, 0.2) is 29.2 Å². The molecule has 18 heavy (non-hydrogen) atoms. The van der Waals surface area contributed by atoms with Crippen molar-refractivity contribution in [2.75, 3.05) is 0 Å². The third-order valence-corrected chi connectivity index (χ3v) is 4.84. The summed E-state index contributed by atoms with van der Waals surface area (Å²) < 4.78 is 12.3. The average molecular weight is 265 g/mol. The molecule has 0 saturated heterocycles. The summed E-state index contributed by atoms with van der Waals surface area (Å²) in [5, 5.41) is 18.7. The second-order valence-corrected chi connectivity index (χ2v) is 6.31. The largest absolute Gasteiger partial charge is 0.374 e. The van der Waals surface area contributed by atoms with Gasteiger partial charge in [-0.1, -0.05) is 31.0 Å². The molecule has 0 radical (unpaired) electrons. The van der Waals surface area contributed by atoms with E-state index in [4.69, 9.17) is 5.26 Å². The van der Waals surface area contributed by atoms with Crippen molar-refractivity contribution in [1.82, 2.24) is 0 Å². The Kier molecular flexibility index (Phi) is 5.06. The topological polar surface area (TPSA) is 61.1 Å². The molecule has 0 aliphatic heterocycles. The van der Waals surface area contributed by atoms with Gasteiger partial charge in [0.1, 0.15) is 0 Å². The maximum absolute atomic E-state index is 12.3. The van der Waals surface area contributed by atoms with Crippen LogP contribution in [0.2, 0.25) is 0 Å². The van der Waals surface area contributed by atoms with E-state index < -0.39 is 21.7 Å². The maximum atomic E-state index is 12.3. The molecule has 3 atom stereocenters. The molecule has 4 heteroatoms. The normalized spacial score (nSPS) is 17.5. The van der Waals surface area contributed by atoms with Gasteiger partial charge in [-0.3, -0.25) is 4.21 Å². The van der Waals surface area contributed by atoms with Gasteiger partial charge >= 0.3 is 0 Å². The fraction of sp³-hybridized carbons (Fsp3) is 0.500. The molecule has 1 aromatic rings. The molecule has 0 amide bonds. The molecule has 0 unspecified atom stereocenters. The van der Waals surface area contributed by atoms with Crippen LogP contribution in [0.25, 0.3) is 0 Å². The van der Waals surface area contributed by atoms with Gasteiger partial charge < -0.3 is 5.11 Å². The molecule has 0 aromatic heterocycles. The SMILES string of the molecule is CCC[C@](O)(C#N)[C@@H](C)[S@@](=O)c1ccc(C)cc1. The second-order valence-electron chi connectivity index (χ2n) is 4.54. The number of hydrogen-bond donors (Lipinski definition) is 1. The minimum atomic E-state index is -1.52. The number of hydrogen-bond acceptors (Lipinski definition) is 3. The monoisotopic (exact) mass is 265 g/mol. The van der Waals surface area contributed by atoms with E-state index in [1.807, 2.05) is 32.0 Å². The lowest BCUT2D eigenvalue weighted by atomic mass is 9.96. The number of aliphatic hydroxyl groups is 1. The molecule has 98 valence electrons. The second kappa shape index (κ2) is 6.12. The van der Waals surface area contributed by atoms with Crippen LogP contribution in [-0.4, -0.2) is 20.2 Å². The van der Waals surface area contributed by atoms with Crippen LogP contribution >= 0.6 is 0 Å². The lowest BCUT2D eigenvalue weighted by molar-refractivity contribution is 0.0889. The summed E-state index contributed by atoms with van der Waals surface area (Å²) in [6.45, 7) is 5.51. The molecule has 1 aromatic carbocycles. The van der Waals surface area contributed by atoms with Gasteiger partial charge in [0.25, 0.3) is 0 Å². The summed E-state index contributed by atoms with van der Waals surface area (Å²) in [5.74, 6) is 0. The predicted molar refractivity (Wildman–Crippen MR) is 72.5 cm³/mol. The first-order valence-electron chi connectivity index (χ1n) is 6.05. The Balaban J connectivity index is 2.96. The molecule has 1 rings (SSSR count). The summed E-state index contributed by atoms with van der Waals surface area (Å²) in [4.78, 5) is 0.651. The van der Waals surface area contributed by atoms with Gasteiger partial charge in [-0.15, -0.1) is 0 Å². The first-order chi connectivity index (χ1) is 8.44. The van der Waals surface area contributed by atoms with Crippen molar-refractivity contribution < 1.29 is 9.32 Å². The Bertz CT molecular complexity index is 464. The number of aryl methyl sites for hydroxylation is 1. The van der Waals surface area contributed by atoms with E-state index in [2.05, 4.69) is 0 Å². The third kappa shape index (κ3) is 3.18. The number of rotatable bonds is 5. The van der Waals surface area contributed by atoms with Gasteiger partial charge in [0.05, 0.1) is 22.1 Å². The molecule has 0 spiro atoms. The molecule has 0 heterocycles. The number of benzene rings is 1. The highest BCUT2D eigenvalue weighted by atomic mass is 32.2. The minimum absolute atomic E-state index is 0.336. The lowest BCUT2D eigenvalue weighted by Crippen LogP contribution is -2.41. The van der Waals surface area contributed by atoms with Crippen LogP contribution in [0.5, 0.6) is 0 Å². The van der Waals surface area contributed by atoms with E-state index >= 15 is 0 Å². The summed E-state index contributed by atoms with van der Waals surface area (Å²) in [6.07, 6.45) is 1.02. The summed E-state index contributed by atoms with van der Waals surface area (Å²) >= 11 is 0. The number of nitriles is 1. The maximum Gasteiger partial charge on any atom is 0.165 e. The standard InChI is InChI=1S/C14H19NO2S/c1-4-9-14(16,10-15)12(3)18(17)13-7-5-11(2)6-8-13/h5-8,12,16H,4,9H2,1-3H3/t12-,14+,18-/m1/s1. The van der Waals surface area contributed by atoms with Gasteiger partial charge in [-0.2, -0.15) is 5.26 Å². The fourth-order valence-electron chi connectivity index (χ4n) is 1.78. The van der Waals surface area contributed by atoms with Crippen LogP contribution in [0.3, 0.4) is 0 Å². The quantitative estimate of drug-likeness (QED) is 0.832. The van der Waals surface area contributed by atoms with Crippen molar-refractivity contribution in [3.8, 4) is 6.07 Å². The Morgan fingerprint density at radius 2 is 2.00 bits per heavy atom. The van der Waals surface area contributed by atoms with E-state index in [1.54, 1.807) is 19.1 Å². The first-order valence-corrected chi connectivity index (χ1v) is 7.26. The van der Waals surface area contributed by atoms with Gasteiger partial charge in [0, 0.05) is 4.90 Å². The van der Waals surface area contributed by atoms with Gasteiger partial charge in [-0.25, -0.2) is 0 Å². The minimum Gasteiger partial charge on any atom is -0.374 e. The summed E-state index contributed by atoms with van der Waals surface area (Å²) in [7, 11) is -1.38. The zero-order chi connectivity index (χ0) is 13.8. The summed E-state index contributed by atoms with van der Waals surface area (Å²) in [5.41, 5.74) is -0.433. The Morgan fingerprint density at radius 3 is 2.44 bits per heavy atom. The molecule has 0 bridgehead atoms. The predicted octanol–water partition coefficient (Wildman–Crippen LogP) is 2.55. The van der Waals surface area contributed by atoms with E-state index in [1.165, 1.54) is 0 Å². The lowest BCUT2D eigenvalue weighted by Gasteiger charge is -2.26. The van der Waals surface area contributed by atoms with Crippen molar-refractivity contribution in [3.63, 3.8) is 0 Å². The number of nitrogens with zero attached hydrogens (tertiary/aromatic N) is 1. The molecular formula is C14H19NO2S. The Hall–Kier alpha value is -1.18. The highest BCUT2D eigenvalue weighted by molar-refractivity contribution is 7.85. The average Bonchev–Trinajstić information content (AvgIpc) is 2.38. The molecule has 0 saturated carbocycles. The molecule has 0 aliphatic carbocycles. The first kappa shape index (κ1) is 14.9. The zero-order valence-corrected chi connectivity index (χ0v) is 11.8. The van der Waals surface area contributed by atoms with E-state index in [-0.39, 0.29) is 0 Å². The molecule has 3 nitrogen and oxygen atoms in total. The highest BCUT2D eigenvalue weighted by Crippen LogP contribution is 2.25. The van der Waals surface area contributed by atoms with Crippen LogP contribution in [-0.2, 0) is 10.8 Å². The summed E-state index contributed by atoms with van der Waals surface area (Å²) in [6, 6.07) is 9.23. The van der Waals surface area contributed by atoms with Crippen molar-refractivity contribution in [3.05, 3.63) is 29.8 Å². The van der Waals surface area contributed by atoms with Gasteiger partial charge in [0.2, 0.25) is 0 Å². The molecular weight excluding hydrogens is 246 g/mol. The van der Waals surface area contributed by atoms with Crippen LogP contribution in [0.1, 0.15) is 32.3 Å². The van der Waals surface area contributed by atoms with Crippen molar-refractivity contribution >= 4 is 10.8 Å². The van der Waals surface area contributed by atoms with Crippen LogP contribution < -0.4 is 0 Å². The van der Waals surface area contributed by atoms with Crippen LogP contribution in [0.4, 0.5) is 0 Å². The fourth-order valence-corrected chi connectivity index (χ4v) is 3.12. The molecule has 0 fully saturated rings. The van der Waals surface area contributed by atoms with E-state index in [9.17, 15) is 9.32 Å². The van der Waals surface area contributed by atoms with Crippen molar-refractivity contribution in [2.45, 2.75) is 49.4 Å². The molecule has 1 N–H and O–H groups in total. The third-order valence-electron chi connectivity index (χ3n) is 3.07. The van der Waals surface area contributed by atoms with Crippen molar-refractivity contribution in [1.29, 1.82) is 5.26 Å². The van der Waals surface area contributed by atoms with Crippen LogP contribution in [0, 0.1) is 18.3 Å². The van der Waals surface area contributed by atoms with E-state index in [0.717, 1.165) is 5.56 Å². The zero-order valence-electron chi connectivity index (χ0n) is 11.0. The highest BCUT2D eigenvalue weighted by Gasteiger charge is 2.37.